The van der Waals surface area contributed by atoms with Crippen molar-refractivity contribution >= 4 is 16.8 Å². The maximum Gasteiger partial charge on any atom is 0.254 e. The van der Waals surface area contributed by atoms with Gasteiger partial charge in [-0.15, -0.1) is 5.10 Å². The summed E-state index contributed by atoms with van der Waals surface area (Å²) < 4.78 is 1.97. The van der Waals surface area contributed by atoms with Crippen LogP contribution in [0.5, 0.6) is 0 Å². The number of aromatic nitrogens is 4. The molecule has 2 fully saturated rings. The maximum absolute atomic E-state index is 13.2. The van der Waals surface area contributed by atoms with E-state index in [-0.39, 0.29) is 5.91 Å². The Balaban J connectivity index is 1.31. The number of amides is 1. The van der Waals surface area contributed by atoms with E-state index < -0.39 is 0 Å². The highest BCUT2D eigenvalue weighted by atomic mass is 16.2. The van der Waals surface area contributed by atoms with Crippen molar-refractivity contribution in [2.45, 2.75) is 38.1 Å². The summed E-state index contributed by atoms with van der Waals surface area (Å²) in [5, 5.41) is 9.53. The lowest BCUT2D eigenvalue weighted by molar-refractivity contribution is 0.0661. The molecule has 1 saturated carbocycles. The van der Waals surface area contributed by atoms with Gasteiger partial charge in [-0.05, 0) is 43.7 Å². The molecule has 27 heavy (non-hydrogen) atoms. The van der Waals surface area contributed by atoms with Crippen LogP contribution in [0.25, 0.3) is 10.9 Å². The van der Waals surface area contributed by atoms with Crippen LogP contribution < -0.4 is 0 Å². The average molecular weight is 361 g/mol. The third-order valence-corrected chi connectivity index (χ3v) is 5.68. The van der Waals surface area contributed by atoms with E-state index in [0.717, 1.165) is 54.6 Å². The second-order valence-electron chi connectivity index (χ2n) is 7.77. The minimum atomic E-state index is 0.107. The van der Waals surface area contributed by atoms with E-state index in [2.05, 4.69) is 21.5 Å². The van der Waals surface area contributed by atoms with Crippen molar-refractivity contribution in [3.8, 4) is 0 Å². The van der Waals surface area contributed by atoms with E-state index in [0.29, 0.717) is 11.8 Å². The van der Waals surface area contributed by atoms with Gasteiger partial charge >= 0.3 is 0 Å². The second kappa shape index (κ2) is 6.76. The van der Waals surface area contributed by atoms with Gasteiger partial charge in [-0.25, -0.2) is 0 Å². The molecule has 0 radical (unpaired) electrons. The van der Waals surface area contributed by atoms with Crippen LogP contribution in [0.2, 0.25) is 0 Å². The first-order valence-corrected chi connectivity index (χ1v) is 9.81. The van der Waals surface area contributed by atoms with E-state index in [9.17, 15) is 4.79 Å². The molecule has 3 aromatic rings. The molecule has 1 saturated heterocycles. The van der Waals surface area contributed by atoms with Gasteiger partial charge in [-0.1, -0.05) is 23.4 Å². The number of nitrogens with zero attached hydrogens (tertiary/aromatic N) is 5. The van der Waals surface area contributed by atoms with E-state index >= 15 is 0 Å². The summed E-state index contributed by atoms with van der Waals surface area (Å²) in [6.07, 6.45) is 8.46. The van der Waals surface area contributed by atoms with Gasteiger partial charge in [0, 0.05) is 43.3 Å². The lowest BCUT2D eigenvalue weighted by Crippen LogP contribution is -2.41. The molecule has 1 atom stereocenters. The SMILES string of the molecule is O=C(c1ccnc2ccccc12)N1CCC[C@@H](Cn2cc(C3CC3)nn2)C1. The molecule has 0 spiro atoms. The molecule has 2 aromatic heterocycles. The van der Waals surface area contributed by atoms with Crippen LogP contribution >= 0.6 is 0 Å². The summed E-state index contributed by atoms with van der Waals surface area (Å²) in [4.78, 5) is 19.5. The fourth-order valence-electron chi connectivity index (χ4n) is 4.08. The smallest absolute Gasteiger partial charge is 0.254 e. The number of hydrogen-bond acceptors (Lipinski definition) is 4. The zero-order valence-corrected chi connectivity index (χ0v) is 15.3. The molecule has 1 aromatic carbocycles. The standard InChI is InChI=1S/C21H23N5O/c27-21(18-9-10-22-19-6-2-1-5-17(18)19)25-11-3-4-15(12-25)13-26-14-20(23-24-26)16-7-8-16/h1-2,5-6,9-10,14-16H,3-4,7-8,11-13H2/t15-/m1/s1. The van der Waals surface area contributed by atoms with Crippen molar-refractivity contribution in [2.24, 2.45) is 5.92 Å². The Labute approximate surface area is 158 Å². The molecule has 1 amide bonds. The van der Waals surface area contributed by atoms with Crippen LogP contribution in [0, 0.1) is 5.92 Å². The van der Waals surface area contributed by atoms with Crippen molar-refractivity contribution in [3.05, 3.63) is 54.0 Å². The molecule has 3 heterocycles. The number of fused-ring (bicyclic) bond motifs is 1. The summed E-state index contributed by atoms with van der Waals surface area (Å²) >= 11 is 0. The monoisotopic (exact) mass is 361 g/mol. The molecule has 6 heteroatoms. The first-order chi connectivity index (χ1) is 13.3. The molecule has 0 bridgehead atoms. The first-order valence-electron chi connectivity index (χ1n) is 9.81. The van der Waals surface area contributed by atoms with Gasteiger partial charge in [0.15, 0.2) is 0 Å². The number of carbonyl (C=O) groups is 1. The molecule has 0 N–H and O–H groups in total. The summed E-state index contributed by atoms with van der Waals surface area (Å²) in [6.45, 7) is 2.42. The third kappa shape index (κ3) is 3.31. The minimum Gasteiger partial charge on any atom is -0.338 e. The third-order valence-electron chi connectivity index (χ3n) is 5.68. The molecule has 6 nitrogen and oxygen atoms in total. The van der Waals surface area contributed by atoms with Crippen LogP contribution in [0.4, 0.5) is 0 Å². The Bertz CT molecular complexity index is 972. The van der Waals surface area contributed by atoms with Crippen molar-refractivity contribution in [1.29, 1.82) is 0 Å². The van der Waals surface area contributed by atoms with Gasteiger partial charge in [-0.3, -0.25) is 14.5 Å². The van der Waals surface area contributed by atoms with E-state index in [1.165, 1.54) is 12.8 Å². The molecule has 1 aliphatic heterocycles. The van der Waals surface area contributed by atoms with Crippen molar-refractivity contribution in [1.82, 2.24) is 24.9 Å². The molecule has 2 aliphatic rings. The van der Waals surface area contributed by atoms with Gasteiger partial charge in [-0.2, -0.15) is 0 Å². The predicted octanol–water partition coefficient (Wildman–Crippen LogP) is 3.26. The molecule has 138 valence electrons. The number of para-hydroxylation sites is 1. The van der Waals surface area contributed by atoms with Gasteiger partial charge in [0.2, 0.25) is 0 Å². The Morgan fingerprint density at radius 1 is 1.15 bits per heavy atom. The number of carbonyl (C=O) groups excluding carboxylic acids is 1. The van der Waals surface area contributed by atoms with E-state index in [1.54, 1.807) is 6.20 Å². The Morgan fingerprint density at radius 2 is 2.04 bits per heavy atom. The number of benzene rings is 1. The highest BCUT2D eigenvalue weighted by Gasteiger charge is 2.28. The summed E-state index contributed by atoms with van der Waals surface area (Å²) in [5.74, 6) is 1.16. The van der Waals surface area contributed by atoms with Gasteiger partial charge in [0.25, 0.3) is 5.91 Å². The van der Waals surface area contributed by atoms with Gasteiger partial charge in [0.1, 0.15) is 0 Å². The van der Waals surface area contributed by atoms with Crippen LogP contribution in [-0.2, 0) is 6.54 Å². The predicted molar refractivity (Wildman–Crippen MR) is 102 cm³/mol. The molecular formula is C21H23N5O. The van der Waals surface area contributed by atoms with E-state index in [1.807, 2.05) is 39.9 Å². The number of pyridine rings is 1. The quantitative estimate of drug-likeness (QED) is 0.715. The largest absolute Gasteiger partial charge is 0.338 e. The van der Waals surface area contributed by atoms with Gasteiger partial charge < -0.3 is 4.90 Å². The Hall–Kier alpha value is -2.76. The summed E-state index contributed by atoms with van der Waals surface area (Å²) in [5.41, 5.74) is 2.74. The van der Waals surface area contributed by atoms with Crippen LogP contribution in [0.3, 0.4) is 0 Å². The fourth-order valence-corrected chi connectivity index (χ4v) is 4.08. The van der Waals surface area contributed by atoms with Crippen LogP contribution in [0.15, 0.2) is 42.7 Å². The molecule has 0 unspecified atom stereocenters. The highest BCUT2D eigenvalue weighted by Crippen LogP contribution is 2.38. The fraction of sp³-hybridized carbons (Fsp3) is 0.429. The zero-order chi connectivity index (χ0) is 18.2. The van der Waals surface area contributed by atoms with Gasteiger partial charge in [0.05, 0.1) is 16.8 Å². The van der Waals surface area contributed by atoms with Crippen molar-refractivity contribution < 1.29 is 4.79 Å². The lowest BCUT2D eigenvalue weighted by Gasteiger charge is -2.33. The second-order valence-corrected chi connectivity index (χ2v) is 7.77. The van der Waals surface area contributed by atoms with E-state index in [4.69, 9.17) is 0 Å². The number of hydrogen-bond donors (Lipinski definition) is 0. The van der Waals surface area contributed by atoms with Crippen LogP contribution in [0.1, 0.15) is 47.7 Å². The molecular weight excluding hydrogens is 338 g/mol. The molecule has 5 rings (SSSR count). The van der Waals surface area contributed by atoms with Crippen molar-refractivity contribution in [2.75, 3.05) is 13.1 Å². The Morgan fingerprint density at radius 3 is 2.93 bits per heavy atom. The first kappa shape index (κ1) is 16.4. The summed E-state index contributed by atoms with van der Waals surface area (Å²) in [6, 6.07) is 9.68. The lowest BCUT2D eigenvalue weighted by atomic mass is 9.97. The topological polar surface area (TPSA) is 63.9 Å². The highest BCUT2D eigenvalue weighted by molar-refractivity contribution is 6.05. The molecule has 1 aliphatic carbocycles. The number of likely N-dealkylation sites (tertiary alicyclic amines) is 1. The minimum absolute atomic E-state index is 0.107. The average Bonchev–Trinajstić information content (AvgIpc) is 3.47. The Kier molecular flexibility index (Phi) is 4.11. The number of rotatable bonds is 4. The summed E-state index contributed by atoms with van der Waals surface area (Å²) in [7, 11) is 0. The van der Waals surface area contributed by atoms with Crippen LogP contribution in [-0.4, -0.2) is 43.9 Å². The maximum atomic E-state index is 13.2. The normalized spacial score (nSPS) is 20.1. The number of piperidine rings is 1. The zero-order valence-electron chi connectivity index (χ0n) is 15.3. The van der Waals surface area contributed by atoms with Crippen molar-refractivity contribution in [3.63, 3.8) is 0 Å².